The number of likely N-dealkylation sites (tertiary alicyclic amines) is 1. The summed E-state index contributed by atoms with van der Waals surface area (Å²) in [6.45, 7) is 5.70. The van der Waals surface area contributed by atoms with Gasteiger partial charge in [-0.3, -0.25) is 9.69 Å². The molecule has 16 heavy (non-hydrogen) atoms. The summed E-state index contributed by atoms with van der Waals surface area (Å²) in [5.41, 5.74) is 0. The van der Waals surface area contributed by atoms with Crippen LogP contribution >= 0.6 is 0 Å². The first-order valence-electron chi connectivity index (χ1n) is 6.27. The third kappa shape index (κ3) is 5.77. The minimum atomic E-state index is 0.106. The van der Waals surface area contributed by atoms with Crippen molar-refractivity contribution in [3.63, 3.8) is 0 Å². The molecule has 1 rings (SSSR count). The Morgan fingerprint density at radius 2 is 2.00 bits per heavy atom. The summed E-state index contributed by atoms with van der Waals surface area (Å²) in [5, 5.41) is 2.79. The molecular weight excluding hydrogens is 200 g/mol. The number of piperidine rings is 1. The second kappa shape index (κ2) is 8.18. The van der Waals surface area contributed by atoms with Gasteiger partial charge in [-0.25, -0.2) is 0 Å². The number of nitrogens with zero attached hydrogens (tertiary/aromatic N) is 1. The Morgan fingerprint density at radius 3 is 2.69 bits per heavy atom. The van der Waals surface area contributed by atoms with E-state index in [0.29, 0.717) is 13.0 Å². The highest BCUT2D eigenvalue weighted by Gasteiger charge is 2.07. The normalized spacial score (nSPS) is 16.3. The molecular formula is C13H22N2O. The molecule has 0 unspecified atom stereocenters. The smallest absolute Gasteiger partial charge is 0.220 e. The molecule has 0 saturated carbocycles. The zero-order chi connectivity index (χ0) is 11.6. The van der Waals surface area contributed by atoms with Gasteiger partial charge in [0.1, 0.15) is 0 Å². The summed E-state index contributed by atoms with van der Waals surface area (Å²) >= 11 is 0. The van der Waals surface area contributed by atoms with Gasteiger partial charge in [0.2, 0.25) is 5.91 Å². The van der Waals surface area contributed by atoms with E-state index in [1.54, 1.807) is 0 Å². The quantitative estimate of drug-likeness (QED) is 0.729. The highest BCUT2D eigenvalue weighted by Crippen LogP contribution is 2.06. The van der Waals surface area contributed by atoms with Crippen LogP contribution in [-0.4, -0.2) is 37.0 Å². The molecule has 1 aliphatic rings. The summed E-state index contributed by atoms with van der Waals surface area (Å²) in [7, 11) is 0. The predicted molar refractivity (Wildman–Crippen MR) is 66.0 cm³/mol. The van der Waals surface area contributed by atoms with Gasteiger partial charge in [0.25, 0.3) is 0 Å². The van der Waals surface area contributed by atoms with Crippen molar-refractivity contribution in [2.24, 2.45) is 0 Å². The van der Waals surface area contributed by atoms with Crippen molar-refractivity contribution in [1.29, 1.82) is 0 Å². The predicted octanol–water partition coefficient (Wildman–Crippen LogP) is 1.39. The molecule has 1 fully saturated rings. The van der Waals surface area contributed by atoms with E-state index in [9.17, 15) is 4.79 Å². The Hall–Kier alpha value is -1.01. The van der Waals surface area contributed by atoms with E-state index in [2.05, 4.69) is 22.1 Å². The molecule has 1 aliphatic heterocycles. The Balaban J connectivity index is 2.05. The fourth-order valence-electron chi connectivity index (χ4n) is 1.81. The molecule has 0 radical (unpaired) electrons. The van der Waals surface area contributed by atoms with Crippen molar-refractivity contribution >= 4 is 5.91 Å². The van der Waals surface area contributed by atoms with Crippen molar-refractivity contribution in [2.45, 2.75) is 39.0 Å². The van der Waals surface area contributed by atoms with E-state index >= 15 is 0 Å². The van der Waals surface area contributed by atoms with Crippen molar-refractivity contribution < 1.29 is 4.79 Å². The number of amides is 1. The van der Waals surface area contributed by atoms with Gasteiger partial charge in [0.05, 0.1) is 13.1 Å². The van der Waals surface area contributed by atoms with Gasteiger partial charge >= 0.3 is 0 Å². The minimum absolute atomic E-state index is 0.106. The molecule has 0 bridgehead atoms. The lowest BCUT2D eigenvalue weighted by atomic mass is 10.1. The fraction of sp³-hybridized carbons (Fsp3) is 0.769. The maximum absolute atomic E-state index is 11.1. The minimum Gasteiger partial charge on any atom is -0.345 e. The first kappa shape index (κ1) is 13.1. The largest absolute Gasteiger partial charge is 0.345 e. The second-order valence-electron chi connectivity index (χ2n) is 4.22. The van der Waals surface area contributed by atoms with Gasteiger partial charge in [0.15, 0.2) is 0 Å². The van der Waals surface area contributed by atoms with Gasteiger partial charge in [0, 0.05) is 6.42 Å². The SMILES string of the molecule is CCCC(=O)NCC#CCN1CCCCC1. The number of carbonyl (C=O) groups is 1. The van der Waals surface area contributed by atoms with E-state index in [4.69, 9.17) is 0 Å². The molecule has 1 saturated heterocycles. The maximum atomic E-state index is 11.1. The Kier molecular flexibility index (Phi) is 6.67. The lowest BCUT2D eigenvalue weighted by Gasteiger charge is -2.23. The number of hydrogen-bond donors (Lipinski definition) is 1. The van der Waals surface area contributed by atoms with Crippen LogP contribution in [0.1, 0.15) is 39.0 Å². The Bertz CT molecular complexity index is 259. The van der Waals surface area contributed by atoms with Gasteiger partial charge < -0.3 is 5.32 Å². The Labute approximate surface area is 98.6 Å². The van der Waals surface area contributed by atoms with Crippen molar-refractivity contribution in [3.05, 3.63) is 0 Å². The number of rotatable bonds is 4. The topological polar surface area (TPSA) is 32.3 Å². The molecule has 1 amide bonds. The van der Waals surface area contributed by atoms with Crippen LogP contribution in [0.5, 0.6) is 0 Å². The highest BCUT2D eigenvalue weighted by molar-refractivity contribution is 5.76. The van der Waals surface area contributed by atoms with Crippen LogP contribution in [0.15, 0.2) is 0 Å². The molecule has 1 N–H and O–H groups in total. The van der Waals surface area contributed by atoms with Crippen LogP contribution in [0.3, 0.4) is 0 Å². The van der Waals surface area contributed by atoms with Crippen LogP contribution in [0.2, 0.25) is 0 Å². The molecule has 0 aromatic rings. The molecule has 90 valence electrons. The summed E-state index contributed by atoms with van der Waals surface area (Å²) in [5.74, 6) is 6.22. The lowest BCUT2D eigenvalue weighted by molar-refractivity contribution is -0.120. The number of carbonyl (C=O) groups excluding carboxylic acids is 1. The molecule has 0 aromatic carbocycles. The molecule has 0 spiro atoms. The molecule has 3 nitrogen and oxygen atoms in total. The van der Waals surface area contributed by atoms with Crippen LogP contribution in [-0.2, 0) is 4.79 Å². The van der Waals surface area contributed by atoms with Crippen LogP contribution in [0, 0.1) is 11.8 Å². The fourth-order valence-corrected chi connectivity index (χ4v) is 1.81. The Morgan fingerprint density at radius 1 is 1.25 bits per heavy atom. The molecule has 0 atom stereocenters. The average Bonchev–Trinajstić information content (AvgIpc) is 2.30. The maximum Gasteiger partial charge on any atom is 0.220 e. The highest BCUT2D eigenvalue weighted by atomic mass is 16.1. The van der Waals surface area contributed by atoms with Gasteiger partial charge in [-0.1, -0.05) is 25.2 Å². The third-order valence-corrected chi connectivity index (χ3v) is 2.73. The van der Waals surface area contributed by atoms with E-state index in [1.165, 1.54) is 32.4 Å². The molecule has 0 aromatic heterocycles. The molecule has 3 heteroatoms. The van der Waals surface area contributed by atoms with Crippen LogP contribution < -0.4 is 5.32 Å². The first-order chi connectivity index (χ1) is 7.83. The third-order valence-electron chi connectivity index (χ3n) is 2.73. The van der Waals surface area contributed by atoms with Gasteiger partial charge in [-0.2, -0.15) is 0 Å². The number of nitrogens with one attached hydrogen (secondary N) is 1. The van der Waals surface area contributed by atoms with Crippen LogP contribution in [0.4, 0.5) is 0 Å². The van der Waals surface area contributed by atoms with Gasteiger partial charge in [-0.05, 0) is 32.4 Å². The van der Waals surface area contributed by atoms with Crippen molar-refractivity contribution in [3.8, 4) is 11.8 Å². The van der Waals surface area contributed by atoms with E-state index in [-0.39, 0.29) is 5.91 Å². The lowest BCUT2D eigenvalue weighted by Crippen LogP contribution is -2.30. The van der Waals surface area contributed by atoms with Crippen molar-refractivity contribution in [2.75, 3.05) is 26.2 Å². The molecule has 0 aliphatic carbocycles. The summed E-state index contributed by atoms with van der Waals surface area (Å²) in [6, 6.07) is 0. The zero-order valence-corrected chi connectivity index (χ0v) is 10.2. The monoisotopic (exact) mass is 222 g/mol. The summed E-state index contributed by atoms with van der Waals surface area (Å²) < 4.78 is 0. The second-order valence-corrected chi connectivity index (χ2v) is 4.22. The summed E-state index contributed by atoms with van der Waals surface area (Å²) in [6.07, 6.45) is 5.46. The van der Waals surface area contributed by atoms with Crippen molar-refractivity contribution in [1.82, 2.24) is 10.2 Å². The standard InChI is InChI=1S/C13H22N2O/c1-2-8-13(16)14-9-4-7-12-15-10-5-3-6-11-15/h2-3,5-6,8-12H2,1H3,(H,14,16). The number of hydrogen-bond acceptors (Lipinski definition) is 2. The molecule has 1 heterocycles. The van der Waals surface area contributed by atoms with E-state index in [1.807, 2.05) is 6.92 Å². The average molecular weight is 222 g/mol. The van der Waals surface area contributed by atoms with Gasteiger partial charge in [-0.15, -0.1) is 0 Å². The van der Waals surface area contributed by atoms with E-state index < -0.39 is 0 Å². The summed E-state index contributed by atoms with van der Waals surface area (Å²) in [4.78, 5) is 13.5. The van der Waals surface area contributed by atoms with E-state index in [0.717, 1.165) is 13.0 Å². The first-order valence-corrected chi connectivity index (χ1v) is 6.27. The van der Waals surface area contributed by atoms with Crippen LogP contribution in [0.25, 0.3) is 0 Å². The zero-order valence-electron chi connectivity index (χ0n) is 10.2.